The van der Waals surface area contributed by atoms with Gasteiger partial charge in [0.15, 0.2) is 0 Å². The number of benzene rings is 1. The van der Waals surface area contributed by atoms with Gasteiger partial charge in [-0.2, -0.15) is 0 Å². The van der Waals surface area contributed by atoms with Crippen LogP contribution in [0, 0.1) is 0 Å². The third kappa shape index (κ3) is 3.78. The lowest BCUT2D eigenvalue weighted by Crippen LogP contribution is -2.23. The summed E-state index contributed by atoms with van der Waals surface area (Å²) in [6.07, 6.45) is 0. The van der Waals surface area contributed by atoms with E-state index in [9.17, 15) is 9.59 Å². The van der Waals surface area contributed by atoms with E-state index in [0.717, 1.165) is 4.90 Å². The second-order valence-corrected chi connectivity index (χ2v) is 4.46. The topological polar surface area (TPSA) is 46.6 Å². The second-order valence-electron chi connectivity index (χ2n) is 3.48. The molecular weight excluding hydrogens is 238 g/mol. The first-order valence-corrected chi connectivity index (χ1v) is 6.06. The highest BCUT2D eigenvalue weighted by Crippen LogP contribution is 2.23. The van der Waals surface area contributed by atoms with Crippen molar-refractivity contribution in [2.75, 3.05) is 20.0 Å². The number of nitrogens with zero attached hydrogens (tertiary/aromatic N) is 1. The number of hydrogen-bond donors (Lipinski definition) is 0. The highest BCUT2D eigenvalue weighted by molar-refractivity contribution is 7.99. The van der Waals surface area contributed by atoms with Crippen LogP contribution in [0.15, 0.2) is 29.2 Å². The van der Waals surface area contributed by atoms with Crippen LogP contribution in [0.1, 0.15) is 17.3 Å². The lowest BCUT2D eigenvalue weighted by molar-refractivity contribution is -0.126. The number of amides is 1. The molecule has 0 aromatic heterocycles. The van der Waals surface area contributed by atoms with Gasteiger partial charge in [-0.25, -0.2) is 4.79 Å². The van der Waals surface area contributed by atoms with E-state index in [2.05, 4.69) is 0 Å². The van der Waals surface area contributed by atoms with Gasteiger partial charge in [0.1, 0.15) is 0 Å². The standard InChI is InChI=1S/C12H15NO3S/c1-9(14)13(2)8-17-11-7-5-4-6-10(11)12(15)16-3/h4-7H,8H2,1-3H3. The first kappa shape index (κ1) is 13.6. The molecule has 0 spiro atoms. The molecule has 92 valence electrons. The summed E-state index contributed by atoms with van der Waals surface area (Å²) in [6, 6.07) is 7.18. The summed E-state index contributed by atoms with van der Waals surface area (Å²) in [5, 5.41) is 0. The zero-order valence-corrected chi connectivity index (χ0v) is 10.9. The van der Waals surface area contributed by atoms with E-state index < -0.39 is 0 Å². The van der Waals surface area contributed by atoms with Gasteiger partial charge in [0.05, 0.1) is 18.6 Å². The van der Waals surface area contributed by atoms with Gasteiger partial charge < -0.3 is 9.64 Å². The van der Waals surface area contributed by atoms with Crippen LogP contribution in [-0.4, -0.2) is 36.8 Å². The largest absolute Gasteiger partial charge is 0.465 e. The smallest absolute Gasteiger partial charge is 0.338 e. The Labute approximate surface area is 105 Å². The van der Waals surface area contributed by atoms with E-state index >= 15 is 0 Å². The molecule has 0 atom stereocenters. The highest BCUT2D eigenvalue weighted by Gasteiger charge is 2.12. The van der Waals surface area contributed by atoms with Crippen molar-refractivity contribution in [3.63, 3.8) is 0 Å². The molecule has 0 bridgehead atoms. The molecule has 0 aliphatic carbocycles. The first-order valence-electron chi connectivity index (χ1n) is 5.08. The quantitative estimate of drug-likeness (QED) is 0.468. The third-order valence-corrected chi connectivity index (χ3v) is 3.43. The molecule has 0 N–H and O–H groups in total. The summed E-state index contributed by atoms with van der Waals surface area (Å²) in [4.78, 5) is 25.0. The van der Waals surface area contributed by atoms with E-state index in [0.29, 0.717) is 11.4 Å². The predicted molar refractivity (Wildman–Crippen MR) is 66.9 cm³/mol. The van der Waals surface area contributed by atoms with E-state index in [1.54, 1.807) is 24.1 Å². The van der Waals surface area contributed by atoms with E-state index in [-0.39, 0.29) is 11.9 Å². The van der Waals surface area contributed by atoms with Gasteiger partial charge >= 0.3 is 5.97 Å². The number of esters is 1. The van der Waals surface area contributed by atoms with Gasteiger partial charge in [0, 0.05) is 18.9 Å². The van der Waals surface area contributed by atoms with Crippen LogP contribution in [0.3, 0.4) is 0 Å². The van der Waals surface area contributed by atoms with Crippen LogP contribution in [0.5, 0.6) is 0 Å². The molecule has 0 fully saturated rings. The summed E-state index contributed by atoms with van der Waals surface area (Å²) in [5.41, 5.74) is 0.525. The third-order valence-electron chi connectivity index (χ3n) is 2.24. The summed E-state index contributed by atoms with van der Waals surface area (Å²) < 4.78 is 4.70. The molecule has 0 radical (unpaired) electrons. The molecule has 0 saturated heterocycles. The fraction of sp³-hybridized carbons (Fsp3) is 0.333. The Morgan fingerprint density at radius 2 is 2.00 bits per heavy atom. The van der Waals surface area contributed by atoms with Gasteiger partial charge in [-0.15, -0.1) is 11.8 Å². The number of ether oxygens (including phenoxy) is 1. The van der Waals surface area contributed by atoms with Crippen LogP contribution in [0.25, 0.3) is 0 Å². The maximum absolute atomic E-state index is 11.5. The Morgan fingerprint density at radius 1 is 1.35 bits per heavy atom. The molecule has 0 aliphatic heterocycles. The van der Waals surface area contributed by atoms with E-state index in [4.69, 9.17) is 4.74 Å². The maximum atomic E-state index is 11.5. The minimum atomic E-state index is -0.362. The van der Waals surface area contributed by atoms with E-state index in [1.807, 2.05) is 12.1 Å². The minimum Gasteiger partial charge on any atom is -0.465 e. The predicted octanol–water partition coefficient (Wildman–Crippen LogP) is 2.00. The van der Waals surface area contributed by atoms with Crippen molar-refractivity contribution >= 4 is 23.6 Å². The van der Waals surface area contributed by atoms with Crippen LogP contribution >= 0.6 is 11.8 Å². The maximum Gasteiger partial charge on any atom is 0.338 e. The van der Waals surface area contributed by atoms with Gasteiger partial charge in [0.2, 0.25) is 5.91 Å². The van der Waals surface area contributed by atoms with Crippen molar-refractivity contribution in [1.82, 2.24) is 4.90 Å². The second kappa shape index (κ2) is 6.30. The monoisotopic (exact) mass is 253 g/mol. The summed E-state index contributed by atoms with van der Waals surface area (Å²) in [5.74, 6) is 0.134. The summed E-state index contributed by atoms with van der Waals surface area (Å²) >= 11 is 1.43. The first-order chi connectivity index (χ1) is 8.06. The molecule has 0 unspecified atom stereocenters. The zero-order chi connectivity index (χ0) is 12.8. The van der Waals surface area contributed by atoms with Crippen molar-refractivity contribution < 1.29 is 14.3 Å². The van der Waals surface area contributed by atoms with Crippen LogP contribution in [0.4, 0.5) is 0 Å². The highest BCUT2D eigenvalue weighted by atomic mass is 32.2. The molecule has 4 nitrogen and oxygen atoms in total. The van der Waals surface area contributed by atoms with Crippen LogP contribution in [-0.2, 0) is 9.53 Å². The lowest BCUT2D eigenvalue weighted by Gasteiger charge is -2.15. The lowest BCUT2D eigenvalue weighted by atomic mass is 10.2. The summed E-state index contributed by atoms with van der Waals surface area (Å²) in [7, 11) is 3.07. The Bertz CT molecular complexity index is 420. The number of hydrogen-bond acceptors (Lipinski definition) is 4. The van der Waals surface area contributed by atoms with Crippen molar-refractivity contribution in [2.45, 2.75) is 11.8 Å². The molecule has 0 saturated carbocycles. The number of methoxy groups -OCH3 is 1. The molecule has 5 heteroatoms. The molecule has 17 heavy (non-hydrogen) atoms. The number of carbonyl (C=O) groups excluding carboxylic acids is 2. The van der Waals surface area contributed by atoms with Crippen molar-refractivity contribution in [3.05, 3.63) is 29.8 Å². The number of rotatable bonds is 4. The fourth-order valence-corrected chi connectivity index (χ4v) is 2.12. The molecule has 0 heterocycles. The zero-order valence-electron chi connectivity index (χ0n) is 10.1. The van der Waals surface area contributed by atoms with Crippen LogP contribution in [0.2, 0.25) is 0 Å². The van der Waals surface area contributed by atoms with E-state index in [1.165, 1.54) is 25.8 Å². The van der Waals surface area contributed by atoms with Crippen molar-refractivity contribution in [2.24, 2.45) is 0 Å². The van der Waals surface area contributed by atoms with Gasteiger partial charge in [-0.1, -0.05) is 12.1 Å². The number of carbonyl (C=O) groups is 2. The molecule has 1 aromatic carbocycles. The molecule has 1 amide bonds. The summed E-state index contributed by atoms with van der Waals surface area (Å²) in [6.45, 7) is 1.51. The SMILES string of the molecule is COC(=O)c1ccccc1SCN(C)C(C)=O. The molecule has 1 aromatic rings. The molecule has 0 aliphatic rings. The minimum absolute atomic E-state index is 0.00644. The fourth-order valence-electron chi connectivity index (χ4n) is 1.13. The van der Waals surface area contributed by atoms with Gasteiger partial charge in [0.25, 0.3) is 0 Å². The van der Waals surface area contributed by atoms with Crippen molar-refractivity contribution in [3.8, 4) is 0 Å². The molecule has 1 rings (SSSR count). The normalized spacial score (nSPS) is 9.82. The average Bonchev–Trinajstić information content (AvgIpc) is 2.35. The van der Waals surface area contributed by atoms with Crippen molar-refractivity contribution in [1.29, 1.82) is 0 Å². The van der Waals surface area contributed by atoms with Gasteiger partial charge in [-0.3, -0.25) is 4.79 Å². The van der Waals surface area contributed by atoms with Gasteiger partial charge in [-0.05, 0) is 12.1 Å². The Kier molecular flexibility index (Phi) is 5.03. The van der Waals surface area contributed by atoms with Crippen LogP contribution < -0.4 is 0 Å². The Hall–Kier alpha value is -1.49. The number of thioether (sulfide) groups is 1. The Balaban J connectivity index is 2.77. The Morgan fingerprint density at radius 3 is 2.59 bits per heavy atom. The average molecular weight is 253 g/mol. The molecular formula is C12H15NO3S.